The molecule has 1 atom stereocenters. The molecule has 1 aliphatic rings. The van der Waals surface area contributed by atoms with Crippen molar-refractivity contribution in [2.24, 2.45) is 4.99 Å². The number of nitrogens with one attached hydrogen (secondary N) is 2. The van der Waals surface area contributed by atoms with E-state index >= 15 is 0 Å². The summed E-state index contributed by atoms with van der Waals surface area (Å²) in [4.78, 5) is 6.95. The largest absolute Gasteiger partial charge is 0.355 e. The summed E-state index contributed by atoms with van der Waals surface area (Å²) in [5.41, 5.74) is 1.25. The molecule has 1 fully saturated rings. The van der Waals surface area contributed by atoms with Gasteiger partial charge < -0.3 is 15.5 Å². The first-order valence-corrected chi connectivity index (χ1v) is 10.8. The summed E-state index contributed by atoms with van der Waals surface area (Å²) in [5, 5.41) is 8.21. The fourth-order valence-electron chi connectivity index (χ4n) is 3.24. The quantitative estimate of drug-likeness (QED) is 0.324. The van der Waals surface area contributed by atoms with Gasteiger partial charge in [0, 0.05) is 43.0 Å². The molecule has 0 saturated carbocycles. The zero-order valence-electron chi connectivity index (χ0n) is 16.0. The van der Waals surface area contributed by atoms with Crippen LogP contribution < -0.4 is 10.6 Å². The number of piperidine rings is 1. The molecular formula is C19H32ClIN4S. The minimum absolute atomic E-state index is 0. The molecule has 0 radical (unpaired) electrons. The van der Waals surface area contributed by atoms with Crippen LogP contribution in [0.2, 0.25) is 5.02 Å². The number of guanidine groups is 1. The smallest absolute Gasteiger partial charge is 0.191 e. The molecule has 0 amide bonds. The number of benzene rings is 1. The number of thioether (sulfide) groups is 1. The summed E-state index contributed by atoms with van der Waals surface area (Å²) >= 11 is 7.95. The first kappa shape index (κ1) is 23.9. The van der Waals surface area contributed by atoms with Gasteiger partial charge in [0.25, 0.3) is 0 Å². The molecule has 0 spiro atoms. The van der Waals surface area contributed by atoms with Crippen molar-refractivity contribution in [3.63, 3.8) is 0 Å². The van der Waals surface area contributed by atoms with E-state index < -0.39 is 0 Å². The topological polar surface area (TPSA) is 39.7 Å². The molecule has 7 heteroatoms. The standard InChI is InChI=1S/C19H31ClN4S.HI/c1-4-10-24-11-8-17(9-12-24)23-19(21-2)22-14-18(25-3)15-6-5-7-16(20)13-15;/h5-7,13,17-18H,4,8-12,14H2,1-3H3,(H2,21,22,23);1H. The highest BCUT2D eigenvalue weighted by molar-refractivity contribution is 14.0. The minimum atomic E-state index is 0. The fraction of sp³-hybridized carbons (Fsp3) is 0.632. The van der Waals surface area contributed by atoms with Crippen molar-refractivity contribution in [1.29, 1.82) is 0 Å². The van der Waals surface area contributed by atoms with E-state index in [0.29, 0.717) is 11.3 Å². The monoisotopic (exact) mass is 510 g/mol. The predicted molar refractivity (Wildman–Crippen MR) is 127 cm³/mol. The summed E-state index contributed by atoms with van der Waals surface area (Å²) in [6.07, 6.45) is 5.73. The van der Waals surface area contributed by atoms with E-state index in [2.05, 4.69) is 39.8 Å². The highest BCUT2D eigenvalue weighted by Crippen LogP contribution is 2.27. The van der Waals surface area contributed by atoms with Crippen LogP contribution in [0.5, 0.6) is 0 Å². The first-order chi connectivity index (χ1) is 12.2. The lowest BCUT2D eigenvalue weighted by atomic mass is 10.1. The summed E-state index contributed by atoms with van der Waals surface area (Å²) in [6, 6.07) is 8.62. The second-order valence-electron chi connectivity index (χ2n) is 6.49. The third-order valence-corrected chi connectivity index (χ3v) is 5.89. The zero-order chi connectivity index (χ0) is 18.1. The van der Waals surface area contributed by atoms with Gasteiger partial charge in [0.05, 0.1) is 0 Å². The molecule has 0 aliphatic carbocycles. The van der Waals surface area contributed by atoms with Crippen molar-refractivity contribution in [1.82, 2.24) is 15.5 Å². The van der Waals surface area contributed by atoms with Gasteiger partial charge in [0.15, 0.2) is 5.96 Å². The van der Waals surface area contributed by atoms with Crippen molar-refractivity contribution in [3.8, 4) is 0 Å². The molecule has 0 aromatic heterocycles. The Bertz CT molecular complexity index is 550. The van der Waals surface area contributed by atoms with Gasteiger partial charge in [-0.3, -0.25) is 4.99 Å². The molecule has 148 valence electrons. The number of hydrogen-bond donors (Lipinski definition) is 2. The van der Waals surface area contributed by atoms with Crippen molar-refractivity contribution in [2.75, 3.05) is 39.5 Å². The van der Waals surface area contributed by atoms with Crippen molar-refractivity contribution < 1.29 is 0 Å². The highest BCUT2D eigenvalue weighted by Gasteiger charge is 2.19. The molecule has 1 aliphatic heterocycles. The summed E-state index contributed by atoms with van der Waals surface area (Å²) in [6.45, 7) is 6.65. The zero-order valence-corrected chi connectivity index (χ0v) is 19.9. The van der Waals surface area contributed by atoms with Gasteiger partial charge in [0.2, 0.25) is 0 Å². The molecule has 1 aromatic rings. The van der Waals surface area contributed by atoms with Gasteiger partial charge in [-0.15, -0.1) is 24.0 Å². The van der Waals surface area contributed by atoms with Crippen LogP contribution in [0.4, 0.5) is 0 Å². The second kappa shape index (κ2) is 13.1. The lowest BCUT2D eigenvalue weighted by Gasteiger charge is -2.33. The Hall–Kier alpha value is -0.180. The maximum atomic E-state index is 6.13. The van der Waals surface area contributed by atoms with Crippen LogP contribution in [0.1, 0.15) is 37.0 Å². The van der Waals surface area contributed by atoms with E-state index in [4.69, 9.17) is 11.6 Å². The Labute approximate surface area is 184 Å². The number of likely N-dealkylation sites (tertiary alicyclic amines) is 1. The van der Waals surface area contributed by atoms with Crippen molar-refractivity contribution >= 4 is 53.3 Å². The summed E-state index contributed by atoms with van der Waals surface area (Å²) < 4.78 is 0. The van der Waals surface area contributed by atoms with Crippen LogP contribution in [-0.4, -0.2) is 56.4 Å². The third-order valence-electron chi connectivity index (χ3n) is 4.65. The van der Waals surface area contributed by atoms with E-state index in [9.17, 15) is 0 Å². The molecule has 1 heterocycles. The lowest BCUT2D eigenvalue weighted by molar-refractivity contribution is 0.206. The molecule has 0 bridgehead atoms. The average Bonchev–Trinajstić information content (AvgIpc) is 2.63. The number of aliphatic imine (C=N–C) groups is 1. The number of rotatable bonds is 7. The number of hydrogen-bond acceptors (Lipinski definition) is 3. The summed E-state index contributed by atoms with van der Waals surface area (Å²) in [7, 11) is 1.84. The molecule has 1 saturated heterocycles. The van der Waals surface area contributed by atoms with Gasteiger partial charge in [-0.25, -0.2) is 0 Å². The Morgan fingerprint density at radius 1 is 1.38 bits per heavy atom. The molecule has 2 rings (SSSR count). The molecular weight excluding hydrogens is 479 g/mol. The van der Waals surface area contributed by atoms with E-state index in [1.54, 1.807) is 0 Å². The Kier molecular flexibility index (Phi) is 12.0. The van der Waals surface area contributed by atoms with Gasteiger partial charge >= 0.3 is 0 Å². The van der Waals surface area contributed by atoms with E-state index in [0.717, 1.165) is 17.5 Å². The van der Waals surface area contributed by atoms with Crippen LogP contribution in [0.25, 0.3) is 0 Å². The van der Waals surface area contributed by atoms with Crippen molar-refractivity contribution in [3.05, 3.63) is 34.9 Å². The first-order valence-electron chi connectivity index (χ1n) is 9.14. The molecule has 1 aromatic carbocycles. The SMILES string of the molecule is CCCN1CCC(NC(=NC)NCC(SC)c2cccc(Cl)c2)CC1.I. The Morgan fingerprint density at radius 2 is 2.12 bits per heavy atom. The van der Waals surface area contributed by atoms with Gasteiger partial charge in [-0.2, -0.15) is 11.8 Å². The van der Waals surface area contributed by atoms with Crippen molar-refractivity contribution in [2.45, 2.75) is 37.5 Å². The van der Waals surface area contributed by atoms with Crippen LogP contribution in [0.15, 0.2) is 29.3 Å². The second-order valence-corrected chi connectivity index (χ2v) is 7.97. The molecule has 1 unspecified atom stereocenters. The summed E-state index contributed by atoms with van der Waals surface area (Å²) in [5.74, 6) is 0.898. The third kappa shape index (κ3) is 7.82. The lowest BCUT2D eigenvalue weighted by Crippen LogP contribution is -2.49. The Morgan fingerprint density at radius 3 is 2.69 bits per heavy atom. The highest BCUT2D eigenvalue weighted by atomic mass is 127. The van der Waals surface area contributed by atoms with E-state index in [-0.39, 0.29) is 24.0 Å². The van der Waals surface area contributed by atoms with Crippen LogP contribution in [0.3, 0.4) is 0 Å². The van der Waals surface area contributed by atoms with Gasteiger partial charge in [-0.1, -0.05) is 30.7 Å². The van der Waals surface area contributed by atoms with Crippen LogP contribution >= 0.6 is 47.3 Å². The van der Waals surface area contributed by atoms with Crippen LogP contribution in [0, 0.1) is 0 Å². The Balaban J connectivity index is 0.00000338. The predicted octanol–water partition coefficient (Wildman–Crippen LogP) is 4.40. The van der Waals surface area contributed by atoms with Gasteiger partial charge in [-0.05, 0) is 49.8 Å². The normalized spacial score (nSPS) is 17.5. The molecule has 4 nitrogen and oxygen atoms in total. The maximum absolute atomic E-state index is 6.13. The van der Waals surface area contributed by atoms with Gasteiger partial charge in [0.1, 0.15) is 0 Å². The molecule has 2 N–H and O–H groups in total. The van der Waals surface area contributed by atoms with E-state index in [1.807, 2.05) is 37.0 Å². The maximum Gasteiger partial charge on any atom is 0.191 e. The van der Waals surface area contributed by atoms with Crippen LogP contribution in [-0.2, 0) is 0 Å². The van der Waals surface area contributed by atoms with E-state index in [1.165, 1.54) is 44.5 Å². The number of halogens is 2. The average molecular weight is 511 g/mol. The number of nitrogens with zero attached hydrogens (tertiary/aromatic N) is 2. The fourth-order valence-corrected chi connectivity index (χ4v) is 4.11. The minimum Gasteiger partial charge on any atom is -0.355 e. The molecule has 26 heavy (non-hydrogen) atoms.